The summed E-state index contributed by atoms with van der Waals surface area (Å²) in [5.74, 6) is 7.94. The lowest BCUT2D eigenvalue weighted by molar-refractivity contribution is 0.354. The van der Waals surface area contributed by atoms with Crippen LogP contribution in [0.5, 0.6) is 5.88 Å². The van der Waals surface area contributed by atoms with Crippen LogP contribution in [0.2, 0.25) is 0 Å². The average Bonchev–Trinajstić information content (AvgIpc) is 2.61. The van der Waals surface area contributed by atoms with Gasteiger partial charge >= 0.3 is 0 Å². The van der Waals surface area contributed by atoms with Gasteiger partial charge in [0.05, 0.1) is 0 Å². The topological polar surface area (TPSA) is 38.2 Å². The van der Waals surface area contributed by atoms with Gasteiger partial charge in [0, 0.05) is 18.7 Å². The third-order valence-electron chi connectivity index (χ3n) is 3.75. The largest absolute Gasteiger partial charge is 0.464 e. The standard InChI is InChI=1S/C16H23N3O/c1-4-5-9-20-16-10-15(17-12-18-16)19-11-13(2)7-6-8-14(19)3/h10,12-14H,6-9,11H2,1-3H3/t13-,14+/m0/s1. The van der Waals surface area contributed by atoms with Gasteiger partial charge in [0.1, 0.15) is 12.1 Å². The van der Waals surface area contributed by atoms with Crippen LogP contribution in [-0.4, -0.2) is 29.2 Å². The molecule has 1 saturated heterocycles. The smallest absolute Gasteiger partial charge is 0.219 e. The van der Waals surface area contributed by atoms with E-state index in [0.717, 1.165) is 12.4 Å². The van der Waals surface area contributed by atoms with Crippen LogP contribution in [0.4, 0.5) is 5.82 Å². The van der Waals surface area contributed by atoms with Crippen LogP contribution in [0.25, 0.3) is 0 Å². The van der Waals surface area contributed by atoms with Gasteiger partial charge in [-0.1, -0.05) is 19.3 Å². The fraction of sp³-hybridized carbons (Fsp3) is 0.625. The first-order valence-electron chi connectivity index (χ1n) is 7.31. The molecule has 0 bridgehead atoms. The van der Waals surface area contributed by atoms with Crippen LogP contribution in [0.1, 0.15) is 40.0 Å². The van der Waals surface area contributed by atoms with Crippen molar-refractivity contribution in [3.63, 3.8) is 0 Å². The molecule has 2 rings (SSSR count). The molecule has 1 aliphatic heterocycles. The van der Waals surface area contributed by atoms with Crippen LogP contribution in [0, 0.1) is 17.8 Å². The molecule has 0 radical (unpaired) electrons. The van der Waals surface area contributed by atoms with Crippen molar-refractivity contribution >= 4 is 5.82 Å². The SMILES string of the molecule is CC#CCOc1cc(N2C[C@@H](C)CCC[C@H]2C)ncn1. The Hall–Kier alpha value is -1.76. The van der Waals surface area contributed by atoms with Crippen LogP contribution in [-0.2, 0) is 0 Å². The Morgan fingerprint density at radius 3 is 3.00 bits per heavy atom. The van der Waals surface area contributed by atoms with Gasteiger partial charge in [-0.15, -0.1) is 5.92 Å². The summed E-state index contributed by atoms with van der Waals surface area (Å²) < 4.78 is 5.52. The minimum absolute atomic E-state index is 0.374. The predicted molar refractivity (Wildman–Crippen MR) is 80.8 cm³/mol. The number of hydrogen-bond donors (Lipinski definition) is 0. The van der Waals surface area contributed by atoms with E-state index in [4.69, 9.17) is 4.74 Å². The lowest BCUT2D eigenvalue weighted by Gasteiger charge is -2.29. The summed E-state index contributed by atoms with van der Waals surface area (Å²) in [5.41, 5.74) is 0. The molecule has 1 fully saturated rings. The molecular weight excluding hydrogens is 250 g/mol. The van der Waals surface area contributed by atoms with E-state index in [0.29, 0.717) is 24.4 Å². The van der Waals surface area contributed by atoms with Gasteiger partial charge in [0.2, 0.25) is 5.88 Å². The second-order valence-corrected chi connectivity index (χ2v) is 5.47. The van der Waals surface area contributed by atoms with E-state index >= 15 is 0 Å². The Morgan fingerprint density at radius 2 is 2.20 bits per heavy atom. The molecule has 2 atom stereocenters. The van der Waals surface area contributed by atoms with Gasteiger partial charge in [0.15, 0.2) is 6.61 Å². The van der Waals surface area contributed by atoms with Gasteiger partial charge in [-0.25, -0.2) is 9.97 Å². The molecule has 0 unspecified atom stereocenters. The quantitative estimate of drug-likeness (QED) is 0.794. The lowest BCUT2D eigenvalue weighted by Crippen LogP contribution is -2.35. The van der Waals surface area contributed by atoms with Crippen molar-refractivity contribution in [3.8, 4) is 17.7 Å². The van der Waals surface area contributed by atoms with E-state index in [1.54, 1.807) is 13.3 Å². The third-order valence-corrected chi connectivity index (χ3v) is 3.75. The summed E-state index contributed by atoms with van der Waals surface area (Å²) in [6.45, 7) is 7.80. The molecule has 0 amide bonds. The van der Waals surface area contributed by atoms with Crippen LogP contribution < -0.4 is 9.64 Å². The Kier molecular flexibility index (Phi) is 5.23. The Balaban J connectivity index is 2.12. The highest BCUT2D eigenvalue weighted by Gasteiger charge is 2.22. The molecule has 4 nitrogen and oxygen atoms in total. The summed E-state index contributed by atoms with van der Waals surface area (Å²) in [6.07, 6.45) is 5.37. The fourth-order valence-electron chi connectivity index (χ4n) is 2.59. The molecule has 0 aromatic carbocycles. The molecule has 20 heavy (non-hydrogen) atoms. The Labute approximate surface area is 121 Å². The van der Waals surface area contributed by atoms with Gasteiger partial charge < -0.3 is 9.64 Å². The Morgan fingerprint density at radius 1 is 1.35 bits per heavy atom. The summed E-state index contributed by atoms with van der Waals surface area (Å²) in [7, 11) is 0. The first kappa shape index (κ1) is 14.6. The number of hydrogen-bond acceptors (Lipinski definition) is 4. The van der Waals surface area contributed by atoms with E-state index in [1.165, 1.54) is 19.3 Å². The zero-order valence-electron chi connectivity index (χ0n) is 12.6. The number of rotatable bonds is 3. The summed E-state index contributed by atoms with van der Waals surface area (Å²) in [4.78, 5) is 10.9. The molecule has 0 spiro atoms. The van der Waals surface area contributed by atoms with E-state index in [-0.39, 0.29) is 0 Å². The molecule has 1 aromatic heterocycles. The maximum atomic E-state index is 5.52. The van der Waals surface area contributed by atoms with Crippen LogP contribution >= 0.6 is 0 Å². The highest BCUT2D eigenvalue weighted by Crippen LogP contribution is 2.26. The molecule has 4 heteroatoms. The first-order valence-corrected chi connectivity index (χ1v) is 7.31. The van der Waals surface area contributed by atoms with Crippen molar-refractivity contribution in [1.29, 1.82) is 0 Å². The zero-order chi connectivity index (χ0) is 14.4. The minimum atomic E-state index is 0.374. The third kappa shape index (κ3) is 3.86. The van der Waals surface area contributed by atoms with Crippen molar-refractivity contribution in [2.45, 2.75) is 46.1 Å². The van der Waals surface area contributed by atoms with Crippen molar-refractivity contribution in [1.82, 2.24) is 9.97 Å². The van der Waals surface area contributed by atoms with Crippen LogP contribution in [0.3, 0.4) is 0 Å². The summed E-state index contributed by atoms with van der Waals surface area (Å²) in [5, 5.41) is 0. The van der Waals surface area contributed by atoms with E-state index in [9.17, 15) is 0 Å². The number of aromatic nitrogens is 2. The van der Waals surface area contributed by atoms with Crippen molar-refractivity contribution in [2.24, 2.45) is 5.92 Å². The molecule has 108 valence electrons. The highest BCUT2D eigenvalue weighted by atomic mass is 16.5. The normalized spacial score (nSPS) is 22.6. The summed E-state index contributed by atoms with van der Waals surface area (Å²) in [6, 6.07) is 2.43. The van der Waals surface area contributed by atoms with E-state index in [2.05, 4.69) is 40.6 Å². The number of nitrogens with zero attached hydrogens (tertiary/aromatic N) is 3. The molecule has 1 aromatic rings. The monoisotopic (exact) mass is 273 g/mol. The molecule has 1 aliphatic rings. The zero-order valence-corrected chi connectivity index (χ0v) is 12.6. The van der Waals surface area contributed by atoms with Crippen molar-refractivity contribution in [2.75, 3.05) is 18.1 Å². The number of ether oxygens (including phenoxy) is 1. The maximum absolute atomic E-state index is 5.52. The average molecular weight is 273 g/mol. The predicted octanol–water partition coefficient (Wildman–Crippen LogP) is 2.89. The maximum Gasteiger partial charge on any atom is 0.219 e. The van der Waals surface area contributed by atoms with Crippen molar-refractivity contribution < 1.29 is 4.74 Å². The molecule has 0 aliphatic carbocycles. The number of anilines is 1. The lowest BCUT2D eigenvalue weighted by atomic mass is 10.1. The molecule has 0 N–H and O–H groups in total. The second-order valence-electron chi connectivity index (χ2n) is 5.47. The minimum Gasteiger partial charge on any atom is -0.464 e. The van der Waals surface area contributed by atoms with Crippen LogP contribution in [0.15, 0.2) is 12.4 Å². The highest BCUT2D eigenvalue weighted by molar-refractivity contribution is 5.42. The van der Waals surface area contributed by atoms with E-state index < -0.39 is 0 Å². The van der Waals surface area contributed by atoms with Gasteiger partial charge in [-0.3, -0.25) is 0 Å². The van der Waals surface area contributed by atoms with Crippen molar-refractivity contribution in [3.05, 3.63) is 12.4 Å². The molecule has 0 saturated carbocycles. The Bertz CT molecular complexity index is 492. The second kappa shape index (κ2) is 7.14. The first-order chi connectivity index (χ1) is 9.70. The summed E-state index contributed by atoms with van der Waals surface area (Å²) >= 11 is 0. The fourth-order valence-corrected chi connectivity index (χ4v) is 2.59. The van der Waals surface area contributed by atoms with Gasteiger partial charge in [-0.2, -0.15) is 0 Å². The van der Waals surface area contributed by atoms with Gasteiger partial charge in [-0.05, 0) is 32.6 Å². The molecular formula is C16H23N3O. The van der Waals surface area contributed by atoms with Gasteiger partial charge in [0.25, 0.3) is 0 Å². The van der Waals surface area contributed by atoms with E-state index in [1.807, 2.05) is 6.07 Å². The molecule has 2 heterocycles.